The van der Waals surface area contributed by atoms with E-state index in [1.807, 2.05) is 13.8 Å². The van der Waals surface area contributed by atoms with E-state index in [2.05, 4.69) is 12.2 Å². The van der Waals surface area contributed by atoms with Gasteiger partial charge in [-0.15, -0.1) is 0 Å². The van der Waals surface area contributed by atoms with E-state index in [0.29, 0.717) is 24.5 Å². The summed E-state index contributed by atoms with van der Waals surface area (Å²) in [6.07, 6.45) is 4.53. The summed E-state index contributed by atoms with van der Waals surface area (Å²) >= 11 is 0. The van der Waals surface area contributed by atoms with Gasteiger partial charge in [-0.05, 0) is 44.9 Å². The first-order valence-electron chi connectivity index (χ1n) is 9.72. The predicted octanol–water partition coefficient (Wildman–Crippen LogP) is 4.58. The lowest BCUT2D eigenvalue weighted by Gasteiger charge is -2.29. The van der Waals surface area contributed by atoms with Gasteiger partial charge >= 0.3 is 5.97 Å². The molecule has 0 aromatic heterocycles. The summed E-state index contributed by atoms with van der Waals surface area (Å²) in [5.41, 5.74) is -0.125. The van der Waals surface area contributed by atoms with Crippen molar-refractivity contribution in [2.24, 2.45) is 0 Å². The molecule has 1 aromatic rings. The van der Waals surface area contributed by atoms with E-state index in [9.17, 15) is 9.59 Å². The van der Waals surface area contributed by atoms with Crippen LogP contribution >= 0.6 is 0 Å². The Hall–Kier alpha value is -2.08. The van der Waals surface area contributed by atoms with Crippen LogP contribution in [0.15, 0.2) is 18.2 Å². The summed E-state index contributed by atoms with van der Waals surface area (Å²) in [5.74, 6) is -0.301. The first kappa shape index (κ1) is 23.0. The van der Waals surface area contributed by atoms with E-state index in [-0.39, 0.29) is 18.1 Å². The molecule has 0 heterocycles. The number of rotatable bonds is 12. The average Bonchev–Trinajstić information content (AvgIpc) is 2.66. The zero-order valence-corrected chi connectivity index (χ0v) is 17.2. The molecule has 6 heteroatoms. The largest absolute Gasteiger partial charge is 0.496 e. The molecule has 0 unspecified atom stereocenters. The highest BCUT2D eigenvalue weighted by atomic mass is 16.5. The molecule has 27 heavy (non-hydrogen) atoms. The summed E-state index contributed by atoms with van der Waals surface area (Å²) in [7, 11) is 1.49. The molecule has 0 bridgehead atoms. The number of ether oxygens (including phenoxy) is 3. The minimum atomic E-state index is -0.908. The van der Waals surface area contributed by atoms with Crippen molar-refractivity contribution in [1.29, 1.82) is 0 Å². The molecule has 1 atom stereocenters. The first-order valence-corrected chi connectivity index (χ1v) is 9.72. The maximum absolute atomic E-state index is 12.9. The predicted molar refractivity (Wildman–Crippen MR) is 106 cm³/mol. The standard InChI is InChI=1S/C21H33NO5/c1-6-9-10-13-21(4,27-14-7-2)20(24)22-16-11-12-18(25-5)17(15-16)19(23)26-8-3/h11-12,15H,6-10,13-14H2,1-5H3,(H,22,24)/t21-/m1/s1. The maximum atomic E-state index is 12.9. The van der Waals surface area contributed by atoms with Gasteiger partial charge in [0.1, 0.15) is 16.9 Å². The van der Waals surface area contributed by atoms with Crippen molar-refractivity contribution in [2.75, 3.05) is 25.6 Å². The lowest BCUT2D eigenvalue weighted by Crippen LogP contribution is -2.43. The Morgan fingerprint density at radius 1 is 1.11 bits per heavy atom. The van der Waals surface area contributed by atoms with Gasteiger partial charge in [-0.2, -0.15) is 0 Å². The maximum Gasteiger partial charge on any atom is 0.341 e. The minimum absolute atomic E-state index is 0.216. The number of carbonyl (C=O) groups is 2. The Bertz CT molecular complexity index is 617. The lowest BCUT2D eigenvalue weighted by atomic mass is 9.96. The van der Waals surface area contributed by atoms with Crippen LogP contribution in [0.4, 0.5) is 5.69 Å². The van der Waals surface area contributed by atoms with Crippen LogP contribution in [-0.4, -0.2) is 37.8 Å². The Labute approximate surface area is 162 Å². The van der Waals surface area contributed by atoms with Gasteiger partial charge in [0, 0.05) is 12.3 Å². The number of nitrogens with one attached hydrogen (secondary N) is 1. The van der Waals surface area contributed by atoms with Crippen molar-refractivity contribution < 1.29 is 23.8 Å². The van der Waals surface area contributed by atoms with E-state index in [0.717, 1.165) is 25.7 Å². The van der Waals surface area contributed by atoms with Crippen molar-refractivity contribution in [3.8, 4) is 5.75 Å². The summed E-state index contributed by atoms with van der Waals surface area (Å²) in [6, 6.07) is 4.91. The number of benzene rings is 1. The summed E-state index contributed by atoms with van der Waals surface area (Å²) < 4.78 is 16.2. The highest BCUT2D eigenvalue weighted by Crippen LogP contribution is 2.26. The second kappa shape index (κ2) is 11.6. The zero-order chi connectivity index (χ0) is 20.3. The number of carbonyl (C=O) groups excluding carboxylic acids is 2. The Morgan fingerprint density at radius 2 is 1.85 bits per heavy atom. The first-order chi connectivity index (χ1) is 12.9. The number of hydrogen-bond donors (Lipinski definition) is 1. The van der Waals surface area contributed by atoms with Gasteiger partial charge in [-0.25, -0.2) is 4.79 Å². The molecule has 0 aliphatic rings. The third-order valence-corrected chi connectivity index (χ3v) is 4.32. The molecule has 152 valence electrons. The quantitative estimate of drug-likeness (QED) is 0.425. The molecule has 0 spiro atoms. The van der Waals surface area contributed by atoms with E-state index < -0.39 is 11.6 Å². The fraction of sp³-hybridized carbons (Fsp3) is 0.619. The molecule has 1 N–H and O–H groups in total. The van der Waals surface area contributed by atoms with Crippen molar-refractivity contribution >= 4 is 17.6 Å². The molecule has 1 rings (SSSR count). The molecular weight excluding hydrogens is 346 g/mol. The number of amides is 1. The number of hydrogen-bond acceptors (Lipinski definition) is 5. The molecule has 1 amide bonds. The fourth-order valence-electron chi connectivity index (χ4n) is 2.71. The highest BCUT2D eigenvalue weighted by molar-refractivity contribution is 5.99. The second-order valence-electron chi connectivity index (χ2n) is 6.63. The third-order valence-electron chi connectivity index (χ3n) is 4.32. The Morgan fingerprint density at radius 3 is 2.44 bits per heavy atom. The van der Waals surface area contributed by atoms with Crippen molar-refractivity contribution in [2.45, 2.75) is 65.4 Å². The van der Waals surface area contributed by atoms with Gasteiger partial charge in [0.25, 0.3) is 5.91 Å². The van der Waals surface area contributed by atoms with Crippen LogP contribution in [0, 0.1) is 0 Å². The van der Waals surface area contributed by atoms with Gasteiger partial charge in [-0.1, -0.05) is 33.1 Å². The molecular formula is C21H33NO5. The van der Waals surface area contributed by atoms with Gasteiger partial charge in [0.15, 0.2) is 0 Å². The molecule has 0 fully saturated rings. The summed E-state index contributed by atoms with van der Waals surface area (Å²) in [4.78, 5) is 25.0. The van der Waals surface area contributed by atoms with Crippen molar-refractivity contribution in [3.05, 3.63) is 23.8 Å². The molecule has 0 saturated carbocycles. The topological polar surface area (TPSA) is 73.9 Å². The molecule has 0 aliphatic carbocycles. The van der Waals surface area contributed by atoms with Gasteiger partial charge in [-0.3, -0.25) is 4.79 Å². The summed E-state index contributed by atoms with van der Waals surface area (Å²) in [5, 5.41) is 2.88. The van der Waals surface area contributed by atoms with Crippen LogP contribution in [0.1, 0.15) is 70.2 Å². The molecule has 0 saturated heterocycles. The zero-order valence-electron chi connectivity index (χ0n) is 17.2. The fourth-order valence-corrected chi connectivity index (χ4v) is 2.71. The Balaban J connectivity index is 2.99. The van der Waals surface area contributed by atoms with Crippen molar-refractivity contribution in [1.82, 2.24) is 0 Å². The van der Waals surface area contributed by atoms with Crippen molar-refractivity contribution in [3.63, 3.8) is 0 Å². The minimum Gasteiger partial charge on any atom is -0.496 e. The number of anilines is 1. The van der Waals surface area contributed by atoms with E-state index >= 15 is 0 Å². The van der Waals surface area contributed by atoms with Gasteiger partial charge in [0.2, 0.25) is 0 Å². The summed E-state index contributed by atoms with van der Waals surface area (Å²) in [6.45, 7) is 8.48. The average molecular weight is 379 g/mol. The monoisotopic (exact) mass is 379 g/mol. The van der Waals surface area contributed by atoms with Crippen LogP contribution in [-0.2, 0) is 14.3 Å². The smallest absolute Gasteiger partial charge is 0.341 e. The second-order valence-corrected chi connectivity index (χ2v) is 6.63. The van der Waals surface area contributed by atoms with Crippen LogP contribution < -0.4 is 10.1 Å². The highest BCUT2D eigenvalue weighted by Gasteiger charge is 2.33. The molecule has 1 aromatic carbocycles. The third kappa shape index (κ3) is 6.86. The molecule has 0 aliphatic heterocycles. The number of unbranched alkanes of at least 4 members (excludes halogenated alkanes) is 2. The van der Waals surface area contributed by atoms with E-state index in [1.54, 1.807) is 25.1 Å². The van der Waals surface area contributed by atoms with Gasteiger partial charge in [0.05, 0.1) is 13.7 Å². The van der Waals surface area contributed by atoms with E-state index in [4.69, 9.17) is 14.2 Å². The Kier molecular flexibility index (Phi) is 9.86. The lowest BCUT2D eigenvalue weighted by molar-refractivity contribution is -0.140. The SMILES string of the molecule is CCCCC[C@@](C)(OCCC)C(=O)Nc1ccc(OC)c(C(=O)OCC)c1. The van der Waals surface area contributed by atoms with Crippen LogP contribution in [0.2, 0.25) is 0 Å². The van der Waals surface area contributed by atoms with Crippen LogP contribution in [0.5, 0.6) is 5.75 Å². The number of esters is 1. The molecule has 6 nitrogen and oxygen atoms in total. The normalized spacial score (nSPS) is 12.9. The molecule has 0 radical (unpaired) electrons. The van der Waals surface area contributed by atoms with E-state index in [1.165, 1.54) is 7.11 Å². The number of methoxy groups -OCH3 is 1. The van der Waals surface area contributed by atoms with Crippen LogP contribution in [0.25, 0.3) is 0 Å². The van der Waals surface area contributed by atoms with Crippen LogP contribution in [0.3, 0.4) is 0 Å². The van der Waals surface area contributed by atoms with Gasteiger partial charge < -0.3 is 19.5 Å².